The van der Waals surface area contributed by atoms with Gasteiger partial charge in [-0.15, -0.1) is 0 Å². The topological polar surface area (TPSA) is 124 Å². The summed E-state index contributed by atoms with van der Waals surface area (Å²) >= 11 is 1.40. The summed E-state index contributed by atoms with van der Waals surface area (Å²) in [6.45, 7) is 0. The second-order valence-corrected chi connectivity index (χ2v) is 8.13. The molecule has 5 aromatic rings. The van der Waals surface area contributed by atoms with Crippen molar-refractivity contribution in [1.82, 2.24) is 24.5 Å². The Morgan fingerprint density at radius 3 is 2.58 bits per heavy atom. The van der Waals surface area contributed by atoms with Crippen molar-refractivity contribution in [1.29, 1.82) is 0 Å². The monoisotopic (exact) mass is 460 g/mol. The standard InChI is InChI=1S/C22H17FN8OS/c1-31-11-27-16(18(31)21-30-17-19(24)25-10-26-20(17)33-21)12-4-2-6-14(8-12)28-22(32)29-15-7-3-5-13(23)9-15/h2-11H,1H3,(H2,24,25,26)(H2,28,29,32). The number of carbonyl (C=O) groups excluding carboxylic acids is 1. The quantitative estimate of drug-likeness (QED) is 0.362. The van der Waals surface area contributed by atoms with Crippen LogP contribution in [0.3, 0.4) is 0 Å². The fourth-order valence-corrected chi connectivity index (χ4v) is 4.37. The second-order valence-electron chi connectivity index (χ2n) is 7.15. The number of anilines is 3. The normalized spacial score (nSPS) is 11.0. The van der Waals surface area contributed by atoms with Gasteiger partial charge in [0.1, 0.15) is 33.2 Å². The molecule has 0 aliphatic carbocycles. The third-order valence-corrected chi connectivity index (χ3v) is 5.81. The minimum Gasteiger partial charge on any atom is -0.382 e. The summed E-state index contributed by atoms with van der Waals surface area (Å²) in [6, 6.07) is 12.5. The van der Waals surface area contributed by atoms with E-state index in [0.29, 0.717) is 38.2 Å². The van der Waals surface area contributed by atoms with Gasteiger partial charge < -0.3 is 20.9 Å². The highest BCUT2D eigenvalue weighted by atomic mass is 32.1. The zero-order chi connectivity index (χ0) is 22.9. The molecule has 0 atom stereocenters. The number of nitrogen functional groups attached to an aromatic ring is 1. The van der Waals surface area contributed by atoms with Crippen LogP contribution in [0.25, 0.3) is 32.3 Å². The van der Waals surface area contributed by atoms with Crippen LogP contribution in [0, 0.1) is 5.82 Å². The first-order chi connectivity index (χ1) is 16.0. The molecule has 33 heavy (non-hydrogen) atoms. The van der Waals surface area contributed by atoms with Gasteiger partial charge in [0.2, 0.25) is 0 Å². The molecule has 0 bridgehead atoms. The number of nitrogens with one attached hydrogen (secondary N) is 2. The van der Waals surface area contributed by atoms with Gasteiger partial charge in [0, 0.05) is 24.0 Å². The maximum atomic E-state index is 13.4. The molecule has 0 saturated carbocycles. The molecule has 0 aliphatic rings. The maximum Gasteiger partial charge on any atom is 0.323 e. The van der Waals surface area contributed by atoms with Gasteiger partial charge in [-0.1, -0.05) is 29.5 Å². The number of aromatic nitrogens is 5. The summed E-state index contributed by atoms with van der Waals surface area (Å²) in [4.78, 5) is 30.5. The first kappa shape index (κ1) is 20.5. The molecule has 164 valence electrons. The number of amides is 2. The fourth-order valence-electron chi connectivity index (χ4n) is 3.37. The number of aryl methyl sites for hydroxylation is 1. The predicted octanol–water partition coefficient (Wildman–Crippen LogP) is 4.52. The molecule has 0 fully saturated rings. The third kappa shape index (κ3) is 4.08. The van der Waals surface area contributed by atoms with Crippen LogP contribution >= 0.6 is 11.3 Å². The number of hydrogen-bond acceptors (Lipinski definition) is 7. The second kappa shape index (κ2) is 8.28. The van der Waals surface area contributed by atoms with Gasteiger partial charge in [-0.2, -0.15) is 0 Å². The van der Waals surface area contributed by atoms with Crippen LogP contribution in [0.15, 0.2) is 61.2 Å². The maximum absolute atomic E-state index is 13.4. The molecule has 0 radical (unpaired) electrons. The Labute approximate surface area is 191 Å². The number of thiazole rings is 1. The number of nitrogens with two attached hydrogens (primary N) is 1. The van der Waals surface area contributed by atoms with E-state index >= 15 is 0 Å². The molecule has 11 heteroatoms. The summed E-state index contributed by atoms with van der Waals surface area (Å²) in [5, 5.41) is 6.07. The van der Waals surface area contributed by atoms with Crippen LogP contribution in [0.1, 0.15) is 0 Å². The first-order valence-corrected chi connectivity index (χ1v) is 10.6. The number of hydrogen-bond donors (Lipinski definition) is 3. The van der Waals surface area contributed by atoms with E-state index in [4.69, 9.17) is 5.73 Å². The van der Waals surface area contributed by atoms with Gasteiger partial charge >= 0.3 is 6.03 Å². The molecule has 0 aliphatic heterocycles. The average molecular weight is 460 g/mol. The van der Waals surface area contributed by atoms with Crippen LogP contribution in [-0.4, -0.2) is 30.5 Å². The van der Waals surface area contributed by atoms with Gasteiger partial charge in [0.25, 0.3) is 0 Å². The number of halogens is 1. The molecular weight excluding hydrogens is 443 g/mol. The molecule has 3 heterocycles. The zero-order valence-electron chi connectivity index (χ0n) is 17.3. The van der Waals surface area contributed by atoms with Gasteiger partial charge in [-0.25, -0.2) is 29.1 Å². The van der Waals surface area contributed by atoms with Crippen molar-refractivity contribution in [3.05, 3.63) is 67.0 Å². The summed E-state index contributed by atoms with van der Waals surface area (Å²) in [6.07, 6.45) is 3.11. The lowest BCUT2D eigenvalue weighted by molar-refractivity contribution is 0.262. The molecule has 2 aromatic carbocycles. The Bertz CT molecular complexity index is 1500. The molecule has 0 spiro atoms. The van der Waals surface area contributed by atoms with E-state index in [0.717, 1.165) is 11.3 Å². The van der Waals surface area contributed by atoms with E-state index < -0.39 is 11.8 Å². The van der Waals surface area contributed by atoms with Crippen LogP contribution in [0.4, 0.5) is 26.4 Å². The largest absolute Gasteiger partial charge is 0.382 e. The highest BCUT2D eigenvalue weighted by Gasteiger charge is 2.19. The minimum absolute atomic E-state index is 0.321. The van der Waals surface area contributed by atoms with Gasteiger partial charge in [0.15, 0.2) is 5.82 Å². The van der Waals surface area contributed by atoms with Crippen LogP contribution in [0.2, 0.25) is 0 Å². The lowest BCUT2D eigenvalue weighted by Crippen LogP contribution is -2.19. The van der Waals surface area contributed by atoms with Crippen LogP contribution in [-0.2, 0) is 7.05 Å². The molecule has 3 aromatic heterocycles. The Kier molecular flexibility index (Phi) is 5.15. The predicted molar refractivity (Wildman–Crippen MR) is 126 cm³/mol. The van der Waals surface area contributed by atoms with E-state index in [-0.39, 0.29) is 0 Å². The summed E-state index contributed by atoms with van der Waals surface area (Å²) < 4.78 is 15.2. The van der Waals surface area contributed by atoms with Crippen molar-refractivity contribution in [3.8, 4) is 22.0 Å². The number of carbonyl (C=O) groups is 1. The highest BCUT2D eigenvalue weighted by Crippen LogP contribution is 2.36. The lowest BCUT2D eigenvalue weighted by Gasteiger charge is -2.09. The van der Waals surface area contributed by atoms with Gasteiger partial charge in [-0.3, -0.25) is 0 Å². The molecule has 2 amide bonds. The number of nitrogens with zero attached hydrogens (tertiary/aromatic N) is 5. The van der Waals surface area contributed by atoms with Crippen molar-refractivity contribution in [3.63, 3.8) is 0 Å². The number of fused-ring (bicyclic) bond motifs is 1. The van der Waals surface area contributed by atoms with E-state index in [1.807, 2.05) is 23.7 Å². The molecule has 9 nitrogen and oxygen atoms in total. The van der Waals surface area contributed by atoms with E-state index in [1.165, 1.54) is 35.9 Å². The molecule has 0 unspecified atom stereocenters. The Morgan fingerprint density at radius 2 is 1.82 bits per heavy atom. The van der Waals surface area contributed by atoms with Crippen molar-refractivity contribution < 1.29 is 9.18 Å². The SMILES string of the molecule is Cn1cnc(-c2cccc(NC(=O)Nc3cccc(F)c3)c2)c1-c1nc2c(N)ncnc2s1. The Hall–Kier alpha value is -4.38. The third-order valence-electron chi connectivity index (χ3n) is 4.84. The summed E-state index contributed by atoms with van der Waals surface area (Å²) in [5.41, 5.74) is 9.67. The Morgan fingerprint density at radius 1 is 1.06 bits per heavy atom. The van der Waals surface area contributed by atoms with Gasteiger partial charge in [-0.05, 0) is 30.3 Å². The summed E-state index contributed by atoms with van der Waals surface area (Å²) in [7, 11) is 1.88. The van der Waals surface area contributed by atoms with Crippen molar-refractivity contribution >= 4 is 44.9 Å². The van der Waals surface area contributed by atoms with Crippen molar-refractivity contribution in [2.75, 3.05) is 16.4 Å². The van der Waals surface area contributed by atoms with Crippen LogP contribution < -0.4 is 16.4 Å². The van der Waals surface area contributed by atoms with E-state index in [9.17, 15) is 9.18 Å². The van der Waals surface area contributed by atoms with Crippen molar-refractivity contribution in [2.24, 2.45) is 7.05 Å². The fraction of sp³-hybridized carbons (Fsp3) is 0.0455. The van der Waals surface area contributed by atoms with E-state index in [1.54, 1.807) is 24.5 Å². The number of benzene rings is 2. The molecule has 0 saturated heterocycles. The summed E-state index contributed by atoms with van der Waals surface area (Å²) in [5.74, 6) is -0.109. The molecule has 4 N–H and O–H groups in total. The Balaban J connectivity index is 1.44. The number of rotatable bonds is 4. The average Bonchev–Trinajstić information content (AvgIpc) is 3.38. The van der Waals surface area contributed by atoms with Crippen molar-refractivity contribution in [2.45, 2.75) is 0 Å². The molecule has 5 rings (SSSR count). The van der Waals surface area contributed by atoms with Gasteiger partial charge in [0.05, 0.1) is 12.0 Å². The van der Waals surface area contributed by atoms with E-state index in [2.05, 4.69) is 30.6 Å². The first-order valence-electron chi connectivity index (χ1n) is 9.80. The minimum atomic E-state index is -0.487. The number of urea groups is 1. The zero-order valence-corrected chi connectivity index (χ0v) is 18.1. The smallest absolute Gasteiger partial charge is 0.323 e. The highest BCUT2D eigenvalue weighted by molar-refractivity contribution is 7.21. The lowest BCUT2D eigenvalue weighted by atomic mass is 10.1. The van der Waals surface area contributed by atoms with Crippen LogP contribution in [0.5, 0.6) is 0 Å². The number of imidazole rings is 1. The molecular formula is C22H17FN8OS.